The second kappa shape index (κ2) is 10.8. The van der Waals surface area contributed by atoms with Gasteiger partial charge in [0.2, 0.25) is 0 Å². The summed E-state index contributed by atoms with van der Waals surface area (Å²) in [6.45, 7) is 10.8. The van der Waals surface area contributed by atoms with Crippen LogP contribution in [0, 0.1) is 13.8 Å². The van der Waals surface area contributed by atoms with E-state index < -0.39 is 0 Å². The number of likely N-dealkylation sites (N-methyl/N-ethyl adjacent to an activating group) is 1. The predicted molar refractivity (Wildman–Crippen MR) is 125 cm³/mol. The smallest absolute Gasteiger partial charge is 0.192 e. The third kappa shape index (κ3) is 5.76. The molecule has 8 heteroatoms. The lowest BCUT2D eigenvalue weighted by Gasteiger charge is -2.24. The van der Waals surface area contributed by atoms with Crippen molar-refractivity contribution in [3.8, 4) is 0 Å². The number of likely N-dealkylation sites (tertiary alicyclic amines) is 1. The zero-order valence-corrected chi connectivity index (χ0v) is 19.7. The number of guanidine groups is 1. The van der Waals surface area contributed by atoms with Gasteiger partial charge in [0.15, 0.2) is 11.8 Å². The van der Waals surface area contributed by atoms with Gasteiger partial charge < -0.3 is 15.2 Å². The number of thioether (sulfide) groups is 1. The molecule has 7 nitrogen and oxygen atoms in total. The average Bonchev–Trinajstić information content (AvgIpc) is 3.34. The summed E-state index contributed by atoms with van der Waals surface area (Å²) in [5.74, 6) is 2.64. The zero-order chi connectivity index (χ0) is 21.5. The van der Waals surface area contributed by atoms with Crippen molar-refractivity contribution in [2.24, 2.45) is 12.0 Å². The first kappa shape index (κ1) is 22.6. The van der Waals surface area contributed by atoms with Crippen molar-refractivity contribution in [1.82, 2.24) is 30.3 Å². The van der Waals surface area contributed by atoms with Crippen LogP contribution in [-0.4, -0.2) is 57.6 Å². The van der Waals surface area contributed by atoms with Crippen molar-refractivity contribution in [2.45, 2.75) is 57.6 Å². The Morgan fingerprint density at radius 2 is 2.10 bits per heavy atom. The number of aromatic nitrogens is 3. The van der Waals surface area contributed by atoms with E-state index in [0.717, 1.165) is 30.7 Å². The Balaban J connectivity index is 1.70. The topological polar surface area (TPSA) is 70.4 Å². The van der Waals surface area contributed by atoms with E-state index in [9.17, 15) is 0 Å². The molecular formula is C22H35N7S. The van der Waals surface area contributed by atoms with Crippen LogP contribution in [0.5, 0.6) is 0 Å². The van der Waals surface area contributed by atoms with Gasteiger partial charge in [-0.25, -0.2) is 4.99 Å². The molecule has 0 radical (unpaired) electrons. The summed E-state index contributed by atoms with van der Waals surface area (Å²) in [5, 5.41) is 15.4. The van der Waals surface area contributed by atoms with Crippen molar-refractivity contribution in [2.75, 3.05) is 25.9 Å². The van der Waals surface area contributed by atoms with Crippen LogP contribution in [0.15, 0.2) is 28.1 Å². The van der Waals surface area contributed by atoms with Crippen LogP contribution in [0.25, 0.3) is 0 Å². The van der Waals surface area contributed by atoms with Crippen molar-refractivity contribution in [3.05, 3.63) is 41.0 Å². The van der Waals surface area contributed by atoms with Crippen LogP contribution in [0.4, 0.5) is 0 Å². The molecule has 0 amide bonds. The van der Waals surface area contributed by atoms with Crippen molar-refractivity contribution < 1.29 is 0 Å². The van der Waals surface area contributed by atoms with Gasteiger partial charge in [-0.2, -0.15) is 0 Å². The van der Waals surface area contributed by atoms with Gasteiger partial charge in [0.1, 0.15) is 5.82 Å². The zero-order valence-electron chi connectivity index (χ0n) is 18.9. The molecule has 0 bridgehead atoms. The van der Waals surface area contributed by atoms with Crippen LogP contribution in [-0.2, 0) is 20.1 Å². The molecule has 30 heavy (non-hydrogen) atoms. The maximum atomic E-state index is 4.90. The van der Waals surface area contributed by atoms with Gasteiger partial charge in [-0.3, -0.25) is 4.90 Å². The van der Waals surface area contributed by atoms with Crippen LogP contribution < -0.4 is 10.6 Å². The molecule has 2 N–H and O–H groups in total. The van der Waals surface area contributed by atoms with Gasteiger partial charge in [-0.15, -0.1) is 22.0 Å². The quantitative estimate of drug-likeness (QED) is 0.382. The number of aliphatic imine (C=N–C) groups is 1. The van der Waals surface area contributed by atoms with Crippen LogP contribution >= 0.6 is 11.8 Å². The summed E-state index contributed by atoms with van der Waals surface area (Å²) in [6.07, 6.45) is 4.64. The highest BCUT2D eigenvalue weighted by Gasteiger charge is 2.22. The molecule has 1 aliphatic heterocycles. The summed E-state index contributed by atoms with van der Waals surface area (Å²) < 4.78 is 2.01. The standard InChI is InChI=1S/C22H35N7S/c1-6-29-11-7-8-19(29)14-24-22(25-15-21-27-26-17(3)28(21)4)23-13-18-10-9-16(2)12-20(18)30-5/h9-10,12,19H,6-8,11,13-15H2,1-5H3,(H2,23,24,25). The second-order valence-corrected chi connectivity index (χ2v) is 8.71. The van der Waals surface area contributed by atoms with Gasteiger partial charge in [0.25, 0.3) is 0 Å². The normalized spacial score (nSPS) is 17.5. The Morgan fingerprint density at radius 3 is 2.80 bits per heavy atom. The minimum absolute atomic E-state index is 0.570. The molecule has 0 spiro atoms. The Morgan fingerprint density at radius 1 is 1.27 bits per heavy atom. The Bertz CT molecular complexity index is 861. The second-order valence-electron chi connectivity index (χ2n) is 7.86. The van der Waals surface area contributed by atoms with Crippen molar-refractivity contribution in [3.63, 3.8) is 0 Å². The van der Waals surface area contributed by atoms with E-state index in [1.54, 1.807) is 11.8 Å². The van der Waals surface area contributed by atoms with Crippen LogP contribution in [0.2, 0.25) is 0 Å². The Hall–Kier alpha value is -2.06. The minimum atomic E-state index is 0.570. The number of nitrogens with zero attached hydrogens (tertiary/aromatic N) is 5. The highest BCUT2D eigenvalue weighted by atomic mass is 32.2. The lowest BCUT2D eigenvalue weighted by Crippen LogP contribution is -2.44. The van der Waals surface area contributed by atoms with Gasteiger partial charge in [0, 0.05) is 24.5 Å². The Kier molecular flexibility index (Phi) is 8.16. The fourth-order valence-electron chi connectivity index (χ4n) is 3.85. The highest BCUT2D eigenvalue weighted by Crippen LogP contribution is 2.22. The number of aryl methyl sites for hydroxylation is 2. The van der Waals surface area contributed by atoms with Crippen molar-refractivity contribution >= 4 is 17.7 Å². The summed E-state index contributed by atoms with van der Waals surface area (Å²) in [6, 6.07) is 7.14. The maximum Gasteiger partial charge on any atom is 0.192 e. The Labute approximate surface area is 184 Å². The van der Waals surface area contributed by atoms with E-state index in [4.69, 9.17) is 4.99 Å². The maximum absolute atomic E-state index is 4.90. The van der Waals surface area contributed by atoms with Gasteiger partial charge in [-0.1, -0.05) is 19.1 Å². The first-order chi connectivity index (χ1) is 14.5. The van der Waals surface area contributed by atoms with Crippen LogP contribution in [0.3, 0.4) is 0 Å². The van der Waals surface area contributed by atoms with E-state index in [-0.39, 0.29) is 0 Å². The molecule has 1 fully saturated rings. The van der Waals surface area contributed by atoms with Gasteiger partial charge in [0.05, 0.1) is 13.1 Å². The fraction of sp³-hybridized carbons (Fsp3) is 0.591. The average molecular weight is 430 g/mol. The van der Waals surface area contributed by atoms with Crippen LogP contribution in [0.1, 0.15) is 42.5 Å². The molecule has 0 aliphatic carbocycles. The number of hydrogen-bond donors (Lipinski definition) is 2. The monoisotopic (exact) mass is 429 g/mol. The summed E-state index contributed by atoms with van der Waals surface area (Å²) in [7, 11) is 1.99. The molecule has 2 heterocycles. The molecule has 1 saturated heterocycles. The SMILES string of the molecule is CCN1CCCC1CNC(=NCc1ccc(C)cc1SC)NCc1nnc(C)n1C. The number of benzene rings is 1. The molecule has 2 aromatic rings. The molecule has 1 atom stereocenters. The van der Waals surface area contributed by atoms with E-state index in [0.29, 0.717) is 19.1 Å². The van der Waals surface area contributed by atoms with Crippen molar-refractivity contribution in [1.29, 1.82) is 0 Å². The summed E-state index contributed by atoms with van der Waals surface area (Å²) in [5.41, 5.74) is 2.53. The largest absolute Gasteiger partial charge is 0.355 e. The summed E-state index contributed by atoms with van der Waals surface area (Å²) >= 11 is 1.77. The predicted octanol–water partition coefficient (Wildman–Crippen LogP) is 2.87. The highest BCUT2D eigenvalue weighted by molar-refractivity contribution is 7.98. The lowest BCUT2D eigenvalue weighted by molar-refractivity contribution is 0.267. The molecular weight excluding hydrogens is 394 g/mol. The number of rotatable bonds is 8. The van der Waals surface area contributed by atoms with E-state index in [1.165, 1.54) is 35.4 Å². The van der Waals surface area contributed by atoms with Gasteiger partial charge in [-0.05, 0) is 63.2 Å². The molecule has 1 aromatic heterocycles. The fourth-order valence-corrected chi connectivity index (χ4v) is 4.54. The minimum Gasteiger partial charge on any atom is -0.355 e. The first-order valence-corrected chi connectivity index (χ1v) is 12.0. The third-order valence-corrected chi connectivity index (χ3v) is 6.68. The number of hydrogen-bond acceptors (Lipinski definition) is 5. The molecule has 0 saturated carbocycles. The third-order valence-electron chi connectivity index (χ3n) is 5.86. The summed E-state index contributed by atoms with van der Waals surface area (Å²) in [4.78, 5) is 8.73. The van der Waals surface area contributed by atoms with E-state index in [2.05, 4.69) is 64.0 Å². The van der Waals surface area contributed by atoms with Gasteiger partial charge >= 0.3 is 0 Å². The molecule has 1 unspecified atom stereocenters. The lowest BCUT2D eigenvalue weighted by atomic mass is 10.1. The first-order valence-electron chi connectivity index (χ1n) is 10.8. The molecule has 1 aromatic carbocycles. The van der Waals surface area contributed by atoms with E-state index >= 15 is 0 Å². The van der Waals surface area contributed by atoms with E-state index in [1.807, 2.05) is 18.5 Å². The number of nitrogens with one attached hydrogen (secondary N) is 2. The molecule has 1 aliphatic rings. The molecule has 164 valence electrons. The molecule has 3 rings (SSSR count).